The predicted octanol–water partition coefficient (Wildman–Crippen LogP) is 2.99. The fourth-order valence-electron chi connectivity index (χ4n) is 1.72. The number of halogens is 1. The van der Waals surface area contributed by atoms with Crippen LogP contribution in [-0.2, 0) is 6.54 Å². The third-order valence-corrected chi connectivity index (χ3v) is 3.54. The topological polar surface area (TPSA) is 66.5 Å². The van der Waals surface area contributed by atoms with Crippen molar-refractivity contribution in [2.45, 2.75) is 13.5 Å². The Hall–Kier alpha value is -1.66. The highest BCUT2D eigenvalue weighted by atomic mass is 35.5. The molecule has 18 heavy (non-hydrogen) atoms. The van der Waals surface area contributed by atoms with Crippen molar-refractivity contribution in [2.75, 3.05) is 5.32 Å². The number of nitrogens with one attached hydrogen (secondary N) is 2. The Morgan fingerprint density at radius 2 is 2.33 bits per heavy atom. The highest BCUT2D eigenvalue weighted by Gasteiger charge is 2.07. The van der Waals surface area contributed by atoms with E-state index in [0.717, 1.165) is 27.4 Å². The molecule has 92 valence electrons. The number of rotatable bonds is 3. The Balaban J connectivity index is 1.87. The Morgan fingerprint density at radius 1 is 1.44 bits per heavy atom. The van der Waals surface area contributed by atoms with Crippen molar-refractivity contribution >= 4 is 40.0 Å². The second-order valence-electron chi connectivity index (χ2n) is 3.87. The molecule has 5 nitrogen and oxygen atoms in total. The van der Waals surface area contributed by atoms with E-state index in [4.69, 9.17) is 11.6 Å². The molecule has 0 fully saturated rings. The van der Waals surface area contributed by atoms with Gasteiger partial charge in [0, 0.05) is 11.1 Å². The molecule has 0 aromatic carbocycles. The summed E-state index contributed by atoms with van der Waals surface area (Å²) in [4.78, 5) is 12.5. The summed E-state index contributed by atoms with van der Waals surface area (Å²) in [5.74, 6) is 0.734. The Bertz CT molecular complexity index is 690. The summed E-state index contributed by atoms with van der Waals surface area (Å²) in [6.07, 6.45) is 1.82. The lowest BCUT2D eigenvalue weighted by Gasteiger charge is -2.05. The van der Waals surface area contributed by atoms with Crippen molar-refractivity contribution in [2.24, 2.45) is 0 Å². The van der Waals surface area contributed by atoms with Gasteiger partial charge in [-0.05, 0) is 42.2 Å². The summed E-state index contributed by atoms with van der Waals surface area (Å²) >= 11 is 7.36. The number of fused-ring (bicyclic) bond motifs is 1. The van der Waals surface area contributed by atoms with Crippen LogP contribution in [0.3, 0.4) is 0 Å². The molecular weight excluding hydrogens is 270 g/mol. The van der Waals surface area contributed by atoms with Crippen LogP contribution in [0.15, 0.2) is 18.3 Å². The summed E-state index contributed by atoms with van der Waals surface area (Å²) < 4.78 is 4.24. The summed E-state index contributed by atoms with van der Waals surface area (Å²) in [5.41, 5.74) is 1.77. The van der Waals surface area contributed by atoms with Gasteiger partial charge in [-0.15, -0.1) is 0 Å². The molecule has 0 radical (unpaired) electrons. The Labute approximate surface area is 112 Å². The maximum absolute atomic E-state index is 5.87. The molecule has 3 aromatic rings. The number of nitrogens with zero attached hydrogens (tertiary/aromatic N) is 3. The molecule has 0 saturated heterocycles. The zero-order valence-electron chi connectivity index (χ0n) is 9.57. The van der Waals surface area contributed by atoms with Crippen LogP contribution in [0.2, 0.25) is 5.28 Å². The zero-order valence-corrected chi connectivity index (χ0v) is 11.1. The largest absolute Gasteiger partial charge is 0.364 e. The quantitative estimate of drug-likeness (QED) is 0.723. The van der Waals surface area contributed by atoms with E-state index in [-0.39, 0.29) is 5.28 Å². The number of H-pyrrole nitrogens is 1. The fraction of sp³-hybridized carbons (Fsp3) is 0.182. The second-order valence-corrected chi connectivity index (χ2v) is 5.10. The summed E-state index contributed by atoms with van der Waals surface area (Å²) in [7, 11) is 0. The molecule has 0 saturated carbocycles. The van der Waals surface area contributed by atoms with E-state index >= 15 is 0 Å². The Kier molecular flexibility index (Phi) is 2.89. The lowest BCUT2D eigenvalue weighted by atomic mass is 10.3. The summed E-state index contributed by atoms with van der Waals surface area (Å²) in [5, 5.41) is 4.42. The molecule has 3 aromatic heterocycles. The first-order chi connectivity index (χ1) is 8.72. The molecular formula is C11H10ClN5S. The van der Waals surface area contributed by atoms with E-state index in [9.17, 15) is 0 Å². The van der Waals surface area contributed by atoms with Crippen LogP contribution in [0.5, 0.6) is 0 Å². The molecule has 2 N–H and O–H groups in total. The predicted molar refractivity (Wildman–Crippen MR) is 73.1 cm³/mol. The number of aryl methyl sites for hydroxylation is 1. The average Bonchev–Trinajstić information content (AvgIpc) is 2.94. The minimum atomic E-state index is 0.230. The van der Waals surface area contributed by atoms with Crippen LogP contribution in [0.25, 0.3) is 11.0 Å². The molecule has 0 amide bonds. The SMILES string of the molecule is Cc1cc(CNc2nc(Cl)nc3[nH]ccc23)sn1. The number of hydrogen-bond donors (Lipinski definition) is 2. The lowest BCUT2D eigenvalue weighted by Crippen LogP contribution is -2.01. The van der Waals surface area contributed by atoms with Gasteiger partial charge in [0.2, 0.25) is 5.28 Å². The van der Waals surface area contributed by atoms with E-state index in [1.807, 2.05) is 19.2 Å². The van der Waals surface area contributed by atoms with E-state index < -0.39 is 0 Å². The van der Waals surface area contributed by atoms with Gasteiger partial charge in [0.15, 0.2) is 0 Å². The van der Waals surface area contributed by atoms with Gasteiger partial charge in [0.05, 0.1) is 17.6 Å². The van der Waals surface area contributed by atoms with Gasteiger partial charge in [-0.1, -0.05) is 0 Å². The van der Waals surface area contributed by atoms with E-state index in [2.05, 4.69) is 30.7 Å². The molecule has 0 aliphatic heterocycles. The minimum absolute atomic E-state index is 0.230. The maximum atomic E-state index is 5.87. The van der Waals surface area contributed by atoms with Gasteiger partial charge in [0.25, 0.3) is 0 Å². The van der Waals surface area contributed by atoms with Crippen LogP contribution >= 0.6 is 23.1 Å². The van der Waals surface area contributed by atoms with Crippen molar-refractivity contribution in [3.05, 3.63) is 34.2 Å². The summed E-state index contributed by atoms with van der Waals surface area (Å²) in [6, 6.07) is 3.97. The highest BCUT2D eigenvalue weighted by molar-refractivity contribution is 7.05. The number of aromatic nitrogens is 4. The minimum Gasteiger partial charge on any atom is -0.364 e. The van der Waals surface area contributed by atoms with E-state index in [1.54, 1.807) is 0 Å². The van der Waals surface area contributed by atoms with Crippen LogP contribution in [0, 0.1) is 6.92 Å². The first-order valence-corrected chi connectivity index (χ1v) is 6.54. The van der Waals surface area contributed by atoms with Crippen molar-refractivity contribution in [1.82, 2.24) is 19.3 Å². The molecule has 0 bridgehead atoms. The average molecular weight is 280 g/mol. The van der Waals surface area contributed by atoms with Gasteiger partial charge >= 0.3 is 0 Å². The first-order valence-electron chi connectivity index (χ1n) is 5.39. The first kappa shape index (κ1) is 11.4. The number of aromatic amines is 1. The van der Waals surface area contributed by atoms with Gasteiger partial charge in [-0.25, -0.2) is 4.98 Å². The van der Waals surface area contributed by atoms with E-state index in [1.165, 1.54) is 11.5 Å². The van der Waals surface area contributed by atoms with Gasteiger partial charge < -0.3 is 10.3 Å². The molecule has 3 heterocycles. The molecule has 0 spiro atoms. The standard InChI is InChI=1S/C11H10ClN5S/c1-6-4-7(18-17-6)5-14-10-8-2-3-13-9(8)15-11(12)16-10/h2-4H,5H2,1H3,(H2,13,14,15,16). The Morgan fingerprint density at radius 3 is 3.11 bits per heavy atom. The molecule has 3 rings (SSSR count). The molecule has 0 aliphatic rings. The van der Waals surface area contributed by atoms with Crippen LogP contribution in [0.1, 0.15) is 10.6 Å². The summed E-state index contributed by atoms with van der Waals surface area (Å²) in [6.45, 7) is 2.66. The molecule has 7 heteroatoms. The van der Waals surface area contributed by atoms with Crippen LogP contribution in [0.4, 0.5) is 5.82 Å². The molecule has 0 aliphatic carbocycles. The van der Waals surface area contributed by atoms with Crippen molar-refractivity contribution in [3.63, 3.8) is 0 Å². The van der Waals surface area contributed by atoms with Crippen LogP contribution < -0.4 is 5.32 Å². The highest BCUT2D eigenvalue weighted by Crippen LogP contribution is 2.22. The maximum Gasteiger partial charge on any atom is 0.226 e. The van der Waals surface area contributed by atoms with Gasteiger partial charge in [-0.3, -0.25) is 0 Å². The van der Waals surface area contributed by atoms with Crippen molar-refractivity contribution in [3.8, 4) is 0 Å². The van der Waals surface area contributed by atoms with E-state index in [0.29, 0.717) is 6.54 Å². The fourth-order valence-corrected chi connectivity index (χ4v) is 2.56. The normalized spacial score (nSPS) is 11.0. The monoisotopic (exact) mass is 279 g/mol. The second kappa shape index (κ2) is 4.55. The van der Waals surface area contributed by atoms with Gasteiger partial charge in [-0.2, -0.15) is 9.36 Å². The van der Waals surface area contributed by atoms with Crippen LogP contribution in [-0.4, -0.2) is 19.3 Å². The van der Waals surface area contributed by atoms with Crippen molar-refractivity contribution < 1.29 is 0 Å². The third kappa shape index (κ3) is 2.16. The molecule has 0 unspecified atom stereocenters. The lowest BCUT2D eigenvalue weighted by molar-refractivity contribution is 1.12. The third-order valence-electron chi connectivity index (χ3n) is 2.50. The molecule has 0 atom stereocenters. The number of anilines is 1. The van der Waals surface area contributed by atoms with Gasteiger partial charge in [0.1, 0.15) is 11.5 Å². The number of hydrogen-bond acceptors (Lipinski definition) is 5. The smallest absolute Gasteiger partial charge is 0.226 e. The van der Waals surface area contributed by atoms with Crippen molar-refractivity contribution in [1.29, 1.82) is 0 Å². The zero-order chi connectivity index (χ0) is 12.5.